The number of para-hydroxylation sites is 1. The van der Waals surface area contributed by atoms with Gasteiger partial charge in [-0.25, -0.2) is 0 Å². The topological polar surface area (TPSA) is 59.5 Å². The number of benzene rings is 1. The number of carbonyl (C=O) groups is 1. The van der Waals surface area contributed by atoms with E-state index in [9.17, 15) is 4.79 Å². The molecule has 2 heterocycles. The minimum absolute atomic E-state index is 0.0744. The van der Waals surface area contributed by atoms with E-state index in [4.69, 9.17) is 22.4 Å². The first kappa shape index (κ1) is 14.9. The molecule has 0 unspecified atom stereocenters. The van der Waals surface area contributed by atoms with Gasteiger partial charge in [-0.3, -0.25) is 9.69 Å². The van der Waals surface area contributed by atoms with E-state index in [1.807, 2.05) is 43.3 Å². The van der Waals surface area contributed by atoms with Crippen molar-refractivity contribution in [3.05, 3.63) is 47.1 Å². The van der Waals surface area contributed by atoms with Gasteiger partial charge in [0, 0.05) is 23.9 Å². The second kappa shape index (κ2) is 5.98. The zero-order chi connectivity index (χ0) is 15.7. The van der Waals surface area contributed by atoms with Crippen LogP contribution in [-0.2, 0) is 4.79 Å². The molecule has 3 rings (SSSR count). The molecule has 1 aromatic carbocycles. The second-order valence-corrected chi connectivity index (χ2v) is 6.39. The first-order valence-electron chi connectivity index (χ1n) is 6.80. The van der Waals surface area contributed by atoms with Gasteiger partial charge in [-0.15, -0.1) is 0 Å². The average Bonchev–Trinajstić information content (AvgIpc) is 3.05. The van der Waals surface area contributed by atoms with Gasteiger partial charge in [0.2, 0.25) is 0 Å². The van der Waals surface area contributed by atoms with Crippen LogP contribution in [0.1, 0.15) is 12.7 Å². The molecule has 1 saturated heterocycles. The van der Waals surface area contributed by atoms with Crippen LogP contribution in [0.4, 0.5) is 5.69 Å². The molecular weight excluding hydrogens is 316 g/mol. The molecule has 0 aliphatic carbocycles. The highest BCUT2D eigenvalue weighted by Gasteiger charge is 2.30. The van der Waals surface area contributed by atoms with Crippen molar-refractivity contribution in [1.82, 2.24) is 4.90 Å². The van der Waals surface area contributed by atoms with E-state index in [1.54, 1.807) is 11.0 Å². The number of nitrogen functional groups attached to an aromatic ring is 1. The van der Waals surface area contributed by atoms with Crippen molar-refractivity contribution in [3.8, 4) is 11.3 Å². The molecule has 112 valence electrons. The number of furan rings is 1. The SMILES string of the molecule is CCN1C(=O)/C(=C\c2ccc(-c3ccccc3N)o2)SC1=S. The third-order valence-corrected chi connectivity index (χ3v) is 4.69. The van der Waals surface area contributed by atoms with Gasteiger partial charge in [-0.1, -0.05) is 36.1 Å². The molecule has 1 aliphatic heterocycles. The van der Waals surface area contributed by atoms with E-state index in [-0.39, 0.29) is 5.91 Å². The maximum Gasteiger partial charge on any atom is 0.266 e. The fraction of sp³-hybridized carbons (Fsp3) is 0.125. The van der Waals surface area contributed by atoms with Crippen LogP contribution in [0.2, 0.25) is 0 Å². The third kappa shape index (κ3) is 2.67. The Morgan fingerprint density at radius 3 is 2.77 bits per heavy atom. The highest BCUT2D eigenvalue weighted by molar-refractivity contribution is 8.26. The minimum atomic E-state index is -0.0744. The number of nitrogens with two attached hydrogens (primary N) is 1. The number of amides is 1. The number of likely N-dealkylation sites (N-methyl/N-ethyl adjacent to an activating group) is 1. The van der Waals surface area contributed by atoms with Gasteiger partial charge in [0.1, 0.15) is 15.8 Å². The summed E-state index contributed by atoms with van der Waals surface area (Å²) in [7, 11) is 0. The zero-order valence-corrected chi connectivity index (χ0v) is 13.5. The van der Waals surface area contributed by atoms with E-state index >= 15 is 0 Å². The molecule has 4 nitrogen and oxygen atoms in total. The van der Waals surface area contributed by atoms with Gasteiger partial charge in [0.15, 0.2) is 0 Å². The summed E-state index contributed by atoms with van der Waals surface area (Å²) in [4.78, 5) is 14.3. The summed E-state index contributed by atoms with van der Waals surface area (Å²) in [6.07, 6.45) is 1.72. The lowest BCUT2D eigenvalue weighted by Crippen LogP contribution is -2.27. The molecule has 0 atom stereocenters. The van der Waals surface area contributed by atoms with Crippen LogP contribution >= 0.6 is 24.0 Å². The summed E-state index contributed by atoms with van der Waals surface area (Å²) in [6.45, 7) is 2.48. The summed E-state index contributed by atoms with van der Waals surface area (Å²) >= 11 is 6.48. The number of anilines is 1. The summed E-state index contributed by atoms with van der Waals surface area (Å²) in [5.74, 6) is 1.21. The Labute approximate surface area is 138 Å². The van der Waals surface area contributed by atoms with Crippen LogP contribution in [-0.4, -0.2) is 21.7 Å². The van der Waals surface area contributed by atoms with Crippen LogP contribution in [0.25, 0.3) is 17.4 Å². The Kier molecular flexibility index (Phi) is 4.04. The van der Waals surface area contributed by atoms with E-state index < -0.39 is 0 Å². The lowest BCUT2D eigenvalue weighted by Gasteiger charge is -2.09. The van der Waals surface area contributed by atoms with Crippen LogP contribution in [0, 0.1) is 0 Å². The zero-order valence-electron chi connectivity index (χ0n) is 11.9. The highest BCUT2D eigenvalue weighted by atomic mass is 32.2. The van der Waals surface area contributed by atoms with Crippen molar-refractivity contribution in [3.63, 3.8) is 0 Å². The number of nitrogens with zero attached hydrogens (tertiary/aromatic N) is 1. The van der Waals surface area contributed by atoms with Crippen LogP contribution in [0.3, 0.4) is 0 Å². The Morgan fingerprint density at radius 1 is 1.32 bits per heavy atom. The molecule has 6 heteroatoms. The van der Waals surface area contributed by atoms with E-state index in [0.29, 0.717) is 33.0 Å². The van der Waals surface area contributed by atoms with Gasteiger partial charge >= 0.3 is 0 Å². The van der Waals surface area contributed by atoms with Crippen LogP contribution in [0.15, 0.2) is 45.7 Å². The van der Waals surface area contributed by atoms with Gasteiger partial charge in [-0.2, -0.15) is 0 Å². The molecule has 2 N–H and O–H groups in total. The van der Waals surface area contributed by atoms with Gasteiger partial charge in [0.25, 0.3) is 5.91 Å². The number of thiocarbonyl (C=S) groups is 1. The molecule has 2 aromatic rings. The van der Waals surface area contributed by atoms with E-state index in [0.717, 1.165) is 5.56 Å². The first-order chi connectivity index (χ1) is 10.6. The fourth-order valence-corrected chi connectivity index (χ4v) is 3.56. The Hall–Kier alpha value is -2.05. The summed E-state index contributed by atoms with van der Waals surface area (Å²) in [6, 6.07) is 11.2. The highest BCUT2D eigenvalue weighted by Crippen LogP contribution is 2.34. The predicted octanol–water partition coefficient (Wildman–Crippen LogP) is 3.75. The molecule has 1 amide bonds. The smallest absolute Gasteiger partial charge is 0.266 e. The summed E-state index contributed by atoms with van der Waals surface area (Å²) in [5, 5.41) is 0. The molecule has 0 radical (unpaired) electrons. The van der Waals surface area contributed by atoms with Crippen molar-refractivity contribution < 1.29 is 9.21 Å². The maximum absolute atomic E-state index is 12.2. The molecule has 0 bridgehead atoms. The maximum atomic E-state index is 12.2. The lowest BCUT2D eigenvalue weighted by molar-refractivity contribution is -0.121. The fourth-order valence-electron chi connectivity index (χ4n) is 2.20. The number of hydrogen-bond acceptors (Lipinski definition) is 5. The van der Waals surface area contributed by atoms with Gasteiger partial charge in [0.05, 0.1) is 4.91 Å². The van der Waals surface area contributed by atoms with Crippen molar-refractivity contribution >= 4 is 46.0 Å². The molecule has 0 saturated carbocycles. The van der Waals surface area contributed by atoms with Crippen LogP contribution in [0.5, 0.6) is 0 Å². The molecule has 0 spiro atoms. The lowest BCUT2D eigenvalue weighted by atomic mass is 10.1. The number of thioether (sulfide) groups is 1. The van der Waals surface area contributed by atoms with E-state index in [1.165, 1.54) is 11.8 Å². The standard InChI is InChI=1S/C16H14N2O2S2/c1-2-18-15(19)14(22-16(18)21)9-10-7-8-13(20-10)11-5-3-4-6-12(11)17/h3-9H,2,17H2,1H3/b14-9+. The predicted molar refractivity (Wildman–Crippen MR) is 94.1 cm³/mol. The molecule has 22 heavy (non-hydrogen) atoms. The molecule has 1 fully saturated rings. The largest absolute Gasteiger partial charge is 0.457 e. The molecular formula is C16H14N2O2S2. The van der Waals surface area contributed by atoms with Crippen molar-refractivity contribution in [2.24, 2.45) is 0 Å². The third-order valence-electron chi connectivity index (χ3n) is 3.32. The van der Waals surface area contributed by atoms with Crippen molar-refractivity contribution in [2.75, 3.05) is 12.3 Å². The second-order valence-electron chi connectivity index (χ2n) is 4.72. The van der Waals surface area contributed by atoms with Crippen LogP contribution < -0.4 is 5.73 Å². The normalized spacial score (nSPS) is 16.8. The van der Waals surface area contributed by atoms with Crippen molar-refractivity contribution in [2.45, 2.75) is 6.92 Å². The number of hydrogen-bond donors (Lipinski definition) is 1. The Bertz CT molecular complexity index is 780. The summed E-state index contributed by atoms with van der Waals surface area (Å²) in [5.41, 5.74) is 7.43. The number of carbonyl (C=O) groups excluding carboxylic acids is 1. The molecule has 1 aromatic heterocycles. The minimum Gasteiger partial charge on any atom is -0.457 e. The average molecular weight is 330 g/mol. The van der Waals surface area contributed by atoms with E-state index in [2.05, 4.69) is 0 Å². The Balaban J connectivity index is 1.90. The first-order valence-corrected chi connectivity index (χ1v) is 8.02. The number of rotatable bonds is 3. The van der Waals surface area contributed by atoms with Gasteiger partial charge in [-0.05, 0) is 31.2 Å². The monoisotopic (exact) mass is 330 g/mol. The quantitative estimate of drug-likeness (QED) is 0.528. The molecule has 1 aliphatic rings. The summed E-state index contributed by atoms with van der Waals surface area (Å²) < 4.78 is 6.36. The Morgan fingerprint density at radius 2 is 2.09 bits per heavy atom. The van der Waals surface area contributed by atoms with Crippen molar-refractivity contribution in [1.29, 1.82) is 0 Å². The van der Waals surface area contributed by atoms with Gasteiger partial charge < -0.3 is 10.2 Å².